The zero-order chi connectivity index (χ0) is 17.8. The number of rotatable bonds is 5. The summed E-state index contributed by atoms with van der Waals surface area (Å²) in [5.41, 5.74) is 1.08. The van der Waals surface area contributed by atoms with Crippen LogP contribution in [-0.4, -0.2) is 30.3 Å². The van der Waals surface area contributed by atoms with Crippen molar-refractivity contribution in [1.29, 1.82) is 0 Å². The molecule has 0 saturated heterocycles. The Morgan fingerprint density at radius 1 is 1.28 bits per heavy atom. The zero-order valence-electron chi connectivity index (χ0n) is 13.3. The third-order valence-corrected chi connectivity index (χ3v) is 3.80. The molecule has 0 unspecified atom stereocenters. The molecule has 0 saturated carbocycles. The summed E-state index contributed by atoms with van der Waals surface area (Å²) in [4.78, 5) is 27.6. The molecule has 0 spiro atoms. The molecule has 25 heavy (non-hydrogen) atoms. The van der Waals surface area contributed by atoms with Crippen molar-refractivity contribution < 1.29 is 23.8 Å². The number of esters is 1. The van der Waals surface area contributed by atoms with Gasteiger partial charge in [-0.2, -0.15) is 0 Å². The average molecular weight is 363 g/mol. The summed E-state index contributed by atoms with van der Waals surface area (Å²) in [6.07, 6.45) is 1.29. The van der Waals surface area contributed by atoms with Crippen LogP contribution in [0, 0.1) is 0 Å². The van der Waals surface area contributed by atoms with E-state index in [0.29, 0.717) is 11.5 Å². The molecule has 1 aliphatic rings. The van der Waals surface area contributed by atoms with Gasteiger partial charge < -0.3 is 19.5 Å². The largest absolute Gasteiger partial charge is 0.454 e. The molecule has 1 aromatic carbocycles. The number of hydrogen-bond acceptors (Lipinski definition) is 6. The Morgan fingerprint density at radius 2 is 2.08 bits per heavy atom. The van der Waals surface area contributed by atoms with Gasteiger partial charge in [-0.1, -0.05) is 17.7 Å². The van der Waals surface area contributed by atoms with Crippen LogP contribution in [0.4, 0.5) is 0 Å². The first-order chi connectivity index (χ1) is 12.0. The van der Waals surface area contributed by atoms with Gasteiger partial charge in [-0.15, -0.1) is 0 Å². The average Bonchev–Trinajstić information content (AvgIpc) is 3.08. The van der Waals surface area contributed by atoms with E-state index in [1.807, 2.05) is 13.0 Å². The van der Waals surface area contributed by atoms with Gasteiger partial charge in [0.2, 0.25) is 6.79 Å². The Morgan fingerprint density at radius 3 is 2.84 bits per heavy atom. The van der Waals surface area contributed by atoms with E-state index in [0.717, 1.165) is 5.56 Å². The fourth-order valence-corrected chi connectivity index (χ4v) is 2.37. The maximum absolute atomic E-state index is 12.0. The summed E-state index contributed by atoms with van der Waals surface area (Å²) in [7, 11) is 0. The van der Waals surface area contributed by atoms with Gasteiger partial charge in [0.15, 0.2) is 18.1 Å². The van der Waals surface area contributed by atoms with Crippen molar-refractivity contribution in [2.24, 2.45) is 0 Å². The second kappa shape index (κ2) is 7.40. The minimum Gasteiger partial charge on any atom is -0.454 e. The maximum Gasteiger partial charge on any atom is 0.340 e. The minimum atomic E-state index is -0.643. The monoisotopic (exact) mass is 362 g/mol. The Kier molecular flexibility index (Phi) is 5.04. The molecular formula is C17H15ClN2O5. The molecule has 0 aliphatic carbocycles. The van der Waals surface area contributed by atoms with Crippen molar-refractivity contribution in [3.8, 4) is 11.5 Å². The summed E-state index contributed by atoms with van der Waals surface area (Å²) in [5, 5.41) is 3.02. The van der Waals surface area contributed by atoms with Gasteiger partial charge >= 0.3 is 5.97 Å². The summed E-state index contributed by atoms with van der Waals surface area (Å²) in [6, 6.07) is 8.10. The zero-order valence-corrected chi connectivity index (χ0v) is 14.1. The lowest BCUT2D eigenvalue weighted by Gasteiger charge is -2.15. The summed E-state index contributed by atoms with van der Waals surface area (Å²) in [6.45, 7) is 1.62. The predicted molar refractivity (Wildman–Crippen MR) is 88.7 cm³/mol. The van der Waals surface area contributed by atoms with Gasteiger partial charge in [0.05, 0.1) is 11.6 Å². The number of halogens is 1. The second-order valence-corrected chi connectivity index (χ2v) is 5.73. The van der Waals surface area contributed by atoms with Crippen LogP contribution in [0.3, 0.4) is 0 Å². The number of nitrogens with zero attached hydrogens (tertiary/aromatic N) is 1. The predicted octanol–water partition coefficient (Wildman–Crippen LogP) is 2.50. The smallest absolute Gasteiger partial charge is 0.340 e. The van der Waals surface area contributed by atoms with E-state index in [-0.39, 0.29) is 23.6 Å². The first kappa shape index (κ1) is 17.0. The van der Waals surface area contributed by atoms with Gasteiger partial charge in [-0.25, -0.2) is 9.78 Å². The van der Waals surface area contributed by atoms with E-state index in [2.05, 4.69) is 10.3 Å². The number of hydrogen-bond donors (Lipinski definition) is 1. The van der Waals surface area contributed by atoms with Crippen molar-refractivity contribution >= 4 is 23.5 Å². The van der Waals surface area contributed by atoms with Crippen LogP contribution in [0.25, 0.3) is 0 Å². The number of pyridine rings is 1. The topological polar surface area (TPSA) is 86.8 Å². The molecule has 130 valence electrons. The summed E-state index contributed by atoms with van der Waals surface area (Å²) >= 11 is 5.65. The number of carbonyl (C=O) groups excluding carboxylic acids is 2. The van der Waals surface area contributed by atoms with Gasteiger partial charge in [0.1, 0.15) is 5.15 Å². The fraction of sp³-hybridized carbons (Fsp3) is 0.235. The van der Waals surface area contributed by atoms with Crippen LogP contribution < -0.4 is 14.8 Å². The molecule has 1 amide bonds. The molecule has 7 nitrogen and oxygen atoms in total. The number of carbonyl (C=O) groups is 2. The molecule has 1 aliphatic heterocycles. The highest BCUT2D eigenvalue weighted by atomic mass is 35.5. The quantitative estimate of drug-likeness (QED) is 0.649. The van der Waals surface area contributed by atoms with Crippen molar-refractivity contribution in [3.63, 3.8) is 0 Å². The highest BCUT2D eigenvalue weighted by Gasteiger charge is 2.17. The van der Waals surface area contributed by atoms with Crippen molar-refractivity contribution in [1.82, 2.24) is 10.3 Å². The number of amides is 1. The third kappa shape index (κ3) is 4.19. The van der Waals surface area contributed by atoms with Gasteiger partial charge in [-0.05, 0) is 36.8 Å². The van der Waals surface area contributed by atoms with Gasteiger partial charge in [0, 0.05) is 6.20 Å². The number of fused-ring (bicyclic) bond motifs is 1. The first-order valence-electron chi connectivity index (χ1n) is 7.50. The van der Waals surface area contributed by atoms with E-state index in [1.165, 1.54) is 18.3 Å². The second-order valence-electron chi connectivity index (χ2n) is 5.35. The lowest BCUT2D eigenvalue weighted by Crippen LogP contribution is -2.31. The summed E-state index contributed by atoms with van der Waals surface area (Å²) in [5.74, 6) is 0.253. The molecule has 1 aromatic heterocycles. The molecule has 3 rings (SSSR count). The Labute approximate surface area is 148 Å². The van der Waals surface area contributed by atoms with Gasteiger partial charge in [0.25, 0.3) is 5.91 Å². The third-order valence-electron chi connectivity index (χ3n) is 3.57. The standard InChI is InChI=1S/C17H15ClN2O5/c1-10(11-2-4-13-14(6-11)25-9-24-13)20-16(21)8-23-17(22)12-3-5-15(18)19-7-12/h2-7,10H,8-9H2,1H3,(H,20,21)/t10-/m1/s1. The van der Waals surface area contributed by atoms with Crippen LogP contribution in [0.5, 0.6) is 11.5 Å². The van der Waals surface area contributed by atoms with E-state index in [9.17, 15) is 9.59 Å². The normalized spacial score (nSPS) is 13.2. The minimum absolute atomic E-state index is 0.190. The Hall–Kier alpha value is -2.80. The molecule has 0 fully saturated rings. The van der Waals surface area contributed by atoms with E-state index in [1.54, 1.807) is 12.1 Å². The summed E-state index contributed by atoms with van der Waals surface area (Å²) < 4.78 is 15.5. The van der Waals surface area contributed by atoms with Crippen LogP contribution in [0.2, 0.25) is 5.15 Å². The van der Waals surface area contributed by atoms with Crippen molar-refractivity contribution in [3.05, 3.63) is 52.8 Å². The fourth-order valence-electron chi connectivity index (χ4n) is 2.26. The van der Waals surface area contributed by atoms with Crippen LogP contribution in [0.15, 0.2) is 36.5 Å². The van der Waals surface area contributed by atoms with Gasteiger partial charge in [-0.3, -0.25) is 4.79 Å². The molecule has 2 aromatic rings. The molecule has 8 heteroatoms. The molecule has 2 heterocycles. The lowest BCUT2D eigenvalue weighted by molar-refractivity contribution is -0.124. The molecule has 1 N–H and O–H groups in total. The Bertz CT molecular complexity index is 794. The molecular weight excluding hydrogens is 348 g/mol. The number of ether oxygens (including phenoxy) is 3. The maximum atomic E-state index is 12.0. The SMILES string of the molecule is C[C@@H](NC(=O)COC(=O)c1ccc(Cl)nc1)c1ccc2c(c1)OCO2. The highest BCUT2D eigenvalue weighted by Crippen LogP contribution is 2.34. The van der Waals surface area contributed by atoms with E-state index >= 15 is 0 Å². The van der Waals surface area contributed by atoms with Crippen LogP contribution >= 0.6 is 11.6 Å². The molecule has 0 bridgehead atoms. The lowest BCUT2D eigenvalue weighted by atomic mass is 10.1. The number of nitrogens with one attached hydrogen (secondary N) is 1. The molecule has 1 atom stereocenters. The van der Waals surface area contributed by atoms with Crippen molar-refractivity contribution in [2.75, 3.05) is 13.4 Å². The van der Waals surface area contributed by atoms with Crippen molar-refractivity contribution in [2.45, 2.75) is 13.0 Å². The highest BCUT2D eigenvalue weighted by molar-refractivity contribution is 6.29. The van der Waals surface area contributed by atoms with Crippen LogP contribution in [0.1, 0.15) is 28.9 Å². The van der Waals surface area contributed by atoms with E-state index < -0.39 is 18.5 Å². The first-order valence-corrected chi connectivity index (χ1v) is 7.88. The molecule has 0 radical (unpaired) electrons. The van der Waals surface area contributed by atoms with Crippen LogP contribution in [-0.2, 0) is 9.53 Å². The van der Waals surface area contributed by atoms with E-state index in [4.69, 9.17) is 25.8 Å². The number of benzene rings is 1. The Balaban J connectivity index is 1.52. The number of aromatic nitrogens is 1.